The number of aromatic nitrogens is 2. The Morgan fingerprint density at radius 3 is 2.95 bits per heavy atom. The first kappa shape index (κ1) is 14.1. The smallest absolute Gasteiger partial charge is 0.231 e. The Balaban J connectivity index is 2.00. The number of nitrogens with one attached hydrogen (secondary N) is 3. The second-order valence-electron chi connectivity index (χ2n) is 5.85. The van der Waals surface area contributed by atoms with E-state index in [0.717, 1.165) is 38.0 Å². The van der Waals surface area contributed by atoms with Crippen molar-refractivity contribution in [3.8, 4) is 0 Å². The van der Waals surface area contributed by atoms with E-state index in [4.69, 9.17) is 0 Å². The number of hydrogen-bond donors (Lipinski definition) is 3. The van der Waals surface area contributed by atoms with Crippen molar-refractivity contribution in [2.45, 2.75) is 40.0 Å². The second-order valence-corrected chi connectivity index (χ2v) is 5.85. The predicted octanol–water partition coefficient (Wildman–Crippen LogP) is 1.94. The Bertz CT molecular complexity index is 432. The molecule has 0 spiro atoms. The lowest BCUT2D eigenvalue weighted by molar-refractivity contribution is -0.127. The van der Waals surface area contributed by atoms with Gasteiger partial charge in [0.2, 0.25) is 5.91 Å². The van der Waals surface area contributed by atoms with E-state index < -0.39 is 0 Å². The van der Waals surface area contributed by atoms with E-state index >= 15 is 0 Å². The van der Waals surface area contributed by atoms with E-state index in [1.807, 2.05) is 19.9 Å². The molecule has 1 unspecified atom stereocenters. The number of anilines is 1. The number of rotatable bonds is 4. The minimum Gasteiger partial charge on any atom is -0.316 e. The van der Waals surface area contributed by atoms with Crippen LogP contribution < -0.4 is 10.6 Å². The molecule has 1 amide bonds. The van der Waals surface area contributed by atoms with Crippen LogP contribution in [-0.2, 0) is 11.2 Å². The van der Waals surface area contributed by atoms with Crippen LogP contribution >= 0.6 is 0 Å². The summed E-state index contributed by atoms with van der Waals surface area (Å²) in [6, 6.07) is 1.90. The average molecular weight is 264 g/mol. The monoisotopic (exact) mass is 264 g/mol. The van der Waals surface area contributed by atoms with Gasteiger partial charge in [0.1, 0.15) is 0 Å². The quantitative estimate of drug-likeness (QED) is 0.778. The van der Waals surface area contributed by atoms with Crippen LogP contribution in [0.2, 0.25) is 0 Å². The molecule has 1 saturated heterocycles. The van der Waals surface area contributed by atoms with Crippen molar-refractivity contribution in [1.82, 2.24) is 15.5 Å². The molecular weight excluding hydrogens is 240 g/mol. The van der Waals surface area contributed by atoms with Gasteiger partial charge in [-0.1, -0.05) is 20.8 Å². The van der Waals surface area contributed by atoms with Crippen LogP contribution in [0.4, 0.5) is 5.82 Å². The van der Waals surface area contributed by atoms with Crippen LogP contribution in [-0.4, -0.2) is 29.2 Å². The summed E-state index contributed by atoms with van der Waals surface area (Å²) in [6.07, 6.45) is 3.14. The van der Waals surface area contributed by atoms with Crippen molar-refractivity contribution in [2.24, 2.45) is 11.3 Å². The molecule has 5 nitrogen and oxygen atoms in total. The fraction of sp³-hybridized carbons (Fsp3) is 0.714. The van der Waals surface area contributed by atoms with Gasteiger partial charge in [0.25, 0.3) is 0 Å². The summed E-state index contributed by atoms with van der Waals surface area (Å²) < 4.78 is 0. The zero-order chi connectivity index (χ0) is 13.9. The first-order valence-electron chi connectivity index (χ1n) is 7.10. The maximum Gasteiger partial charge on any atom is 0.231 e. The van der Waals surface area contributed by atoms with Gasteiger partial charge in [-0.15, -0.1) is 0 Å². The molecule has 1 fully saturated rings. The maximum atomic E-state index is 12.4. The van der Waals surface area contributed by atoms with Gasteiger partial charge in [0.05, 0.1) is 0 Å². The fourth-order valence-electron chi connectivity index (χ4n) is 2.54. The number of H-pyrrole nitrogens is 1. The van der Waals surface area contributed by atoms with Crippen molar-refractivity contribution in [1.29, 1.82) is 0 Å². The summed E-state index contributed by atoms with van der Waals surface area (Å²) in [7, 11) is 0. The Labute approximate surface area is 114 Å². The normalized spacial score (nSPS) is 20.3. The van der Waals surface area contributed by atoms with Gasteiger partial charge in [-0.25, -0.2) is 0 Å². The third-order valence-corrected chi connectivity index (χ3v) is 4.16. The van der Waals surface area contributed by atoms with Crippen molar-refractivity contribution in [2.75, 3.05) is 18.4 Å². The molecule has 0 saturated carbocycles. The molecule has 1 atom stereocenters. The zero-order valence-electron chi connectivity index (χ0n) is 12.0. The van der Waals surface area contributed by atoms with Gasteiger partial charge < -0.3 is 10.6 Å². The van der Waals surface area contributed by atoms with Crippen LogP contribution in [0.5, 0.6) is 0 Å². The highest BCUT2D eigenvalue weighted by Crippen LogP contribution is 2.32. The van der Waals surface area contributed by atoms with E-state index in [1.54, 1.807) is 0 Å². The Morgan fingerprint density at radius 2 is 2.37 bits per heavy atom. The summed E-state index contributed by atoms with van der Waals surface area (Å²) in [5.41, 5.74) is 0.658. The molecule has 19 heavy (non-hydrogen) atoms. The van der Waals surface area contributed by atoms with E-state index in [9.17, 15) is 4.79 Å². The molecule has 2 rings (SSSR count). The Morgan fingerprint density at radius 1 is 1.58 bits per heavy atom. The van der Waals surface area contributed by atoms with Gasteiger partial charge in [0, 0.05) is 17.2 Å². The number of aromatic amines is 1. The Kier molecular flexibility index (Phi) is 4.24. The van der Waals surface area contributed by atoms with Gasteiger partial charge in [-0.05, 0) is 38.3 Å². The number of carbonyl (C=O) groups excluding carboxylic acids is 1. The summed E-state index contributed by atoms with van der Waals surface area (Å²) in [4.78, 5) is 12.4. The number of piperidine rings is 1. The van der Waals surface area contributed by atoms with Crippen LogP contribution in [0.25, 0.3) is 0 Å². The van der Waals surface area contributed by atoms with E-state index in [2.05, 4.69) is 27.8 Å². The van der Waals surface area contributed by atoms with Crippen molar-refractivity contribution in [3.05, 3.63) is 11.8 Å². The van der Waals surface area contributed by atoms with Crippen LogP contribution in [0.3, 0.4) is 0 Å². The average Bonchev–Trinajstić information content (AvgIpc) is 2.87. The van der Waals surface area contributed by atoms with Crippen LogP contribution in [0, 0.1) is 11.3 Å². The highest BCUT2D eigenvalue weighted by molar-refractivity contribution is 5.94. The van der Waals surface area contributed by atoms with Gasteiger partial charge in [-0.2, -0.15) is 5.10 Å². The summed E-state index contributed by atoms with van der Waals surface area (Å²) >= 11 is 0. The van der Waals surface area contributed by atoms with Crippen LogP contribution in [0.1, 0.15) is 39.3 Å². The van der Waals surface area contributed by atoms with E-state index in [0.29, 0.717) is 11.7 Å². The molecule has 3 N–H and O–H groups in total. The third kappa shape index (κ3) is 3.15. The third-order valence-electron chi connectivity index (χ3n) is 4.16. The second kappa shape index (κ2) is 5.74. The lowest BCUT2D eigenvalue weighted by Gasteiger charge is -2.35. The SMILES string of the molecule is CCc1cc(NC(=O)C(C)(C)C2CCCNC2)n[nH]1. The summed E-state index contributed by atoms with van der Waals surface area (Å²) in [5, 5.41) is 13.3. The molecule has 1 aliphatic heterocycles. The molecule has 0 bridgehead atoms. The first-order valence-corrected chi connectivity index (χ1v) is 7.10. The minimum atomic E-state index is -0.376. The molecule has 1 aromatic rings. The first-order chi connectivity index (χ1) is 9.04. The van der Waals surface area contributed by atoms with Gasteiger partial charge in [0.15, 0.2) is 5.82 Å². The largest absolute Gasteiger partial charge is 0.316 e. The molecule has 0 radical (unpaired) electrons. The molecule has 0 aromatic carbocycles. The zero-order valence-corrected chi connectivity index (χ0v) is 12.0. The molecule has 0 aliphatic carbocycles. The predicted molar refractivity (Wildman–Crippen MR) is 76.0 cm³/mol. The number of carbonyl (C=O) groups is 1. The highest BCUT2D eigenvalue weighted by atomic mass is 16.2. The number of nitrogens with zero attached hydrogens (tertiary/aromatic N) is 1. The topological polar surface area (TPSA) is 69.8 Å². The van der Waals surface area contributed by atoms with E-state index in [1.165, 1.54) is 0 Å². The molecule has 106 valence electrons. The fourth-order valence-corrected chi connectivity index (χ4v) is 2.54. The molecule has 1 aliphatic rings. The molecule has 1 aromatic heterocycles. The van der Waals surface area contributed by atoms with Crippen molar-refractivity contribution < 1.29 is 4.79 Å². The van der Waals surface area contributed by atoms with Crippen LogP contribution in [0.15, 0.2) is 6.07 Å². The number of hydrogen-bond acceptors (Lipinski definition) is 3. The highest BCUT2D eigenvalue weighted by Gasteiger charge is 2.37. The van der Waals surface area contributed by atoms with E-state index in [-0.39, 0.29) is 11.3 Å². The maximum absolute atomic E-state index is 12.4. The molecular formula is C14H24N4O. The van der Waals surface area contributed by atoms with Crippen molar-refractivity contribution >= 4 is 11.7 Å². The van der Waals surface area contributed by atoms with Gasteiger partial charge >= 0.3 is 0 Å². The Hall–Kier alpha value is -1.36. The lowest BCUT2D eigenvalue weighted by atomic mass is 9.74. The standard InChI is InChI=1S/C14H24N4O/c1-4-11-8-12(18-17-11)16-13(19)14(2,3)10-6-5-7-15-9-10/h8,10,15H,4-7,9H2,1-3H3,(H2,16,17,18,19). The summed E-state index contributed by atoms with van der Waals surface area (Å²) in [5.74, 6) is 1.06. The lowest BCUT2D eigenvalue weighted by Crippen LogP contribution is -2.44. The number of amides is 1. The number of aryl methyl sites for hydroxylation is 1. The molecule has 2 heterocycles. The van der Waals surface area contributed by atoms with Gasteiger partial charge in [-0.3, -0.25) is 9.89 Å². The van der Waals surface area contributed by atoms with Crippen molar-refractivity contribution in [3.63, 3.8) is 0 Å². The minimum absolute atomic E-state index is 0.0513. The summed E-state index contributed by atoms with van der Waals surface area (Å²) in [6.45, 7) is 8.08. The molecule has 5 heteroatoms.